The number of esters is 2. The van der Waals surface area contributed by atoms with Gasteiger partial charge in [0.1, 0.15) is 19.8 Å². The summed E-state index contributed by atoms with van der Waals surface area (Å²) >= 11 is 0. The van der Waals surface area contributed by atoms with Crippen LogP contribution in [0.5, 0.6) is 0 Å². The summed E-state index contributed by atoms with van der Waals surface area (Å²) < 4.78 is 34.8. The summed E-state index contributed by atoms with van der Waals surface area (Å²) in [4.78, 5) is 35.9. The van der Waals surface area contributed by atoms with E-state index in [4.69, 9.17) is 18.5 Å². The Balaban J connectivity index is 4.06. The molecule has 92 heavy (non-hydrogen) atoms. The maximum Gasteiger partial charge on any atom is 0.472 e. The van der Waals surface area contributed by atoms with Crippen LogP contribution in [0.4, 0.5) is 0 Å². The first kappa shape index (κ1) is 88.2. The van der Waals surface area contributed by atoms with E-state index in [0.29, 0.717) is 17.4 Å². The van der Waals surface area contributed by atoms with Crippen LogP contribution in [0, 0.1) is 0 Å². The molecule has 0 heterocycles. The topological polar surface area (TPSA) is 108 Å². The maximum atomic E-state index is 12.9. The number of phosphoric acid groups is 1. The Hall–Kier alpha value is -3.85. The van der Waals surface area contributed by atoms with Gasteiger partial charge in [-0.05, 0) is 116 Å². The SMILES string of the molecule is CC/C=C\C/C=C\C/C=C\C/C=C\C/C=C\C/C=C\C/C=C\C/C=C\C/C=C\C/C=C\CCCCCCCCCCCCC(=O)OC(COC(=O)CCCCCCCCCCCCCCCCC/C=C\CCCCCCCCCC)COP(=O)(O)OCC[N+](C)(C)C. The molecule has 0 spiro atoms. The molecule has 0 aromatic rings. The summed E-state index contributed by atoms with van der Waals surface area (Å²) in [5.74, 6) is -0.798. The molecule has 2 atom stereocenters. The fourth-order valence-corrected chi connectivity index (χ4v) is 11.1. The van der Waals surface area contributed by atoms with E-state index in [0.717, 1.165) is 109 Å². The first-order valence-corrected chi connectivity index (χ1v) is 39.4. The molecule has 0 rings (SSSR count). The van der Waals surface area contributed by atoms with Gasteiger partial charge < -0.3 is 18.9 Å². The number of hydrogen-bond acceptors (Lipinski definition) is 7. The zero-order valence-corrected chi connectivity index (χ0v) is 61.1. The lowest BCUT2D eigenvalue weighted by atomic mass is 10.0. The number of rotatable bonds is 69. The van der Waals surface area contributed by atoms with Gasteiger partial charge in [0.2, 0.25) is 0 Å². The maximum absolute atomic E-state index is 12.9. The van der Waals surface area contributed by atoms with Crippen molar-refractivity contribution in [1.29, 1.82) is 0 Å². The Labute approximate surface area is 568 Å². The van der Waals surface area contributed by atoms with Crippen LogP contribution in [0.15, 0.2) is 134 Å². The molecule has 0 saturated heterocycles. The molecule has 0 aromatic carbocycles. The molecule has 2 unspecified atom stereocenters. The second kappa shape index (κ2) is 71.4. The number of carbonyl (C=O) groups is 2. The van der Waals surface area contributed by atoms with Gasteiger partial charge in [0, 0.05) is 12.8 Å². The molecular formula is C82H143NO8P+. The quantitative estimate of drug-likeness (QED) is 0.0211. The number of phosphoric ester groups is 1. The van der Waals surface area contributed by atoms with Gasteiger partial charge in [-0.1, -0.05) is 327 Å². The second-order valence-electron chi connectivity index (χ2n) is 26.3. The number of likely N-dealkylation sites (N-methyl/N-ethyl adjacent to an activating group) is 1. The van der Waals surface area contributed by atoms with E-state index in [1.54, 1.807) is 0 Å². The lowest BCUT2D eigenvalue weighted by Gasteiger charge is -2.24. The van der Waals surface area contributed by atoms with Crippen LogP contribution < -0.4 is 0 Å². The monoisotopic (exact) mass is 1300 g/mol. The van der Waals surface area contributed by atoms with Crippen molar-refractivity contribution < 1.29 is 42.1 Å². The summed E-state index contributed by atoms with van der Waals surface area (Å²) in [6.45, 7) is 4.34. The van der Waals surface area contributed by atoms with Crippen molar-refractivity contribution in [2.75, 3.05) is 47.5 Å². The second-order valence-corrected chi connectivity index (χ2v) is 27.8. The van der Waals surface area contributed by atoms with Gasteiger partial charge in [-0.2, -0.15) is 0 Å². The van der Waals surface area contributed by atoms with Gasteiger partial charge in [-0.3, -0.25) is 18.6 Å². The largest absolute Gasteiger partial charge is 0.472 e. The van der Waals surface area contributed by atoms with E-state index < -0.39 is 26.5 Å². The molecule has 10 heteroatoms. The predicted molar refractivity (Wildman–Crippen MR) is 399 cm³/mol. The van der Waals surface area contributed by atoms with Crippen LogP contribution >= 0.6 is 7.82 Å². The molecule has 0 saturated carbocycles. The summed E-state index contributed by atoms with van der Waals surface area (Å²) in [7, 11) is 1.47. The fraction of sp³-hybridized carbons (Fsp3) is 0.707. The van der Waals surface area contributed by atoms with Crippen molar-refractivity contribution in [2.45, 2.75) is 328 Å². The zero-order chi connectivity index (χ0) is 66.9. The molecule has 9 nitrogen and oxygen atoms in total. The summed E-state index contributed by atoms with van der Waals surface area (Å²) in [5.41, 5.74) is 0. The highest BCUT2D eigenvalue weighted by molar-refractivity contribution is 7.47. The smallest absolute Gasteiger partial charge is 0.462 e. The van der Waals surface area contributed by atoms with Crippen LogP contribution in [0.2, 0.25) is 0 Å². The van der Waals surface area contributed by atoms with Crippen molar-refractivity contribution in [1.82, 2.24) is 0 Å². The lowest BCUT2D eigenvalue weighted by molar-refractivity contribution is -0.870. The highest BCUT2D eigenvalue weighted by atomic mass is 31.2. The van der Waals surface area contributed by atoms with E-state index in [9.17, 15) is 19.0 Å². The summed E-state index contributed by atoms with van der Waals surface area (Å²) in [6, 6.07) is 0. The minimum Gasteiger partial charge on any atom is -0.462 e. The molecule has 0 radical (unpaired) electrons. The van der Waals surface area contributed by atoms with E-state index in [2.05, 4.69) is 148 Å². The standard InChI is InChI=1S/C82H142NO8P/c1-6-8-10-12-14-16-18-20-22-24-26-28-30-32-34-35-36-37-38-39-40-41-42-43-44-45-46-47-49-51-53-55-57-59-61-63-65-67-69-71-73-75-82(85)91-80(79-90-92(86,87)89-77-76-83(3,4)5)78-88-81(84)74-72-70-68-66-64-62-60-58-56-54-52-50-48-33-31-29-27-25-23-21-19-17-15-13-11-9-7-2/h8,10,14,16,20,22,25-28,32,34,36-37,39-40,42-43,45-46,49,51,80H,6-7,9,11-13,15,17-19,21,23-24,29-31,33,35,38,41,44,47-48,50,52-79H2,1-5H3/p+1/b10-8-,16-14-,22-20-,27-25-,28-26-,34-32-,37-36-,40-39-,43-42-,46-45-,51-49-. The molecule has 0 amide bonds. The van der Waals surface area contributed by atoms with E-state index in [-0.39, 0.29) is 32.0 Å². The zero-order valence-electron chi connectivity index (χ0n) is 60.2. The minimum atomic E-state index is -4.40. The van der Waals surface area contributed by atoms with Gasteiger partial charge in [0.15, 0.2) is 6.10 Å². The van der Waals surface area contributed by atoms with Gasteiger partial charge in [0.05, 0.1) is 27.7 Å². The molecule has 0 aliphatic carbocycles. The first-order valence-electron chi connectivity index (χ1n) is 37.9. The van der Waals surface area contributed by atoms with Gasteiger partial charge in [-0.15, -0.1) is 0 Å². The van der Waals surface area contributed by atoms with Crippen LogP contribution in [0.25, 0.3) is 0 Å². The molecule has 0 bridgehead atoms. The normalized spacial score (nSPS) is 13.8. The highest BCUT2D eigenvalue weighted by Gasteiger charge is 2.27. The number of hydrogen-bond donors (Lipinski definition) is 1. The molecule has 528 valence electrons. The average molecular weight is 1300 g/mol. The third kappa shape index (κ3) is 75.2. The van der Waals surface area contributed by atoms with E-state index >= 15 is 0 Å². The van der Waals surface area contributed by atoms with Crippen molar-refractivity contribution in [3.63, 3.8) is 0 Å². The number of carbonyl (C=O) groups excluding carboxylic acids is 2. The Morgan fingerprint density at radius 1 is 0.348 bits per heavy atom. The molecule has 1 N–H and O–H groups in total. The molecule has 0 aliphatic rings. The van der Waals surface area contributed by atoms with Crippen LogP contribution in [0.3, 0.4) is 0 Å². The van der Waals surface area contributed by atoms with Crippen LogP contribution in [-0.2, 0) is 32.7 Å². The highest BCUT2D eigenvalue weighted by Crippen LogP contribution is 2.43. The van der Waals surface area contributed by atoms with Gasteiger partial charge in [-0.25, -0.2) is 4.57 Å². The first-order chi connectivity index (χ1) is 45.0. The van der Waals surface area contributed by atoms with Crippen molar-refractivity contribution in [2.24, 2.45) is 0 Å². The van der Waals surface area contributed by atoms with Crippen LogP contribution in [0.1, 0.15) is 322 Å². The van der Waals surface area contributed by atoms with Crippen molar-refractivity contribution >= 4 is 19.8 Å². The predicted octanol–water partition coefficient (Wildman–Crippen LogP) is 25.2. The van der Waals surface area contributed by atoms with Crippen LogP contribution in [-0.4, -0.2) is 74.9 Å². The Morgan fingerprint density at radius 3 is 0.935 bits per heavy atom. The van der Waals surface area contributed by atoms with E-state index in [1.807, 2.05) is 21.1 Å². The fourth-order valence-electron chi connectivity index (χ4n) is 10.4. The summed E-state index contributed by atoms with van der Waals surface area (Å²) in [6.07, 6.45) is 104. The number of allylic oxidation sites excluding steroid dienone is 22. The van der Waals surface area contributed by atoms with Crippen molar-refractivity contribution in [3.8, 4) is 0 Å². The Bertz CT molecular complexity index is 2020. The lowest BCUT2D eigenvalue weighted by Crippen LogP contribution is -2.37. The molecule has 0 aliphatic heterocycles. The third-order valence-electron chi connectivity index (χ3n) is 16.2. The third-order valence-corrected chi connectivity index (χ3v) is 17.1. The van der Waals surface area contributed by atoms with Gasteiger partial charge >= 0.3 is 19.8 Å². The summed E-state index contributed by atoms with van der Waals surface area (Å²) in [5, 5.41) is 0. The number of unbranched alkanes of at least 4 members (excludes halogenated alkanes) is 33. The van der Waals surface area contributed by atoms with Crippen molar-refractivity contribution in [3.05, 3.63) is 134 Å². The number of nitrogens with zero attached hydrogens (tertiary/aromatic N) is 1. The van der Waals surface area contributed by atoms with E-state index in [1.165, 1.54) is 180 Å². The number of ether oxygens (including phenoxy) is 2. The molecular weight excluding hydrogens is 1160 g/mol. The molecule has 0 fully saturated rings. The average Bonchev–Trinajstić information content (AvgIpc) is 2.23. The van der Waals surface area contributed by atoms with Gasteiger partial charge in [0.25, 0.3) is 0 Å². The molecule has 0 aromatic heterocycles. The number of quaternary nitrogens is 1. The minimum absolute atomic E-state index is 0.0266. The Kier molecular flexibility index (Phi) is 68.5. The Morgan fingerprint density at radius 2 is 0.620 bits per heavy atom.